The summed E-state index contributed by atoms with van der Waals surface area (Å²) in [5.74, 6) is 2.20. The predicted octanol–water partition coefficient (Wildman–Crippen LogP) is 2.65. The lowest BCUT2D eigenvalue weighted by Crippen LogP contribution is -2.56. The standard InChI is InChI=1S/C25H33N7O2/c33-23-25(9-10-26-23)15-18-16-28-24(30-22(18)32(25)20-5-1-2-6-20)29-19-7-8-21(27-17-19)34-14-13-31-11-3-4-12-31/h7-8,16-17,20H,1-6,9-15H2,(H,26,33)(H,28,29,30). The van der Waals surface area contributed by atoms with Crippen molar-refractivity contribution in [3.8, 4) is 5.88 Å². The van der Waals surface area contributed by atoms with Crippen LogP contribution < -0.4 is 20.3 Å². The van der Waals surface area contributed by atoms with Gasteiger partial charge in [-0.3, -0.25) is 9.69 Å². The van der Waals surface area contributed by atoms with Crippen LogP contribution >= 0.6 is 0 Å². The van der Waals surface area contributed by atoms with E-state index in [1.54, 1.807) is 6.20 Å². The summed E-state index contributed by atoms with van der Waals surface area (Å²) in [5.41, 5.74) is 1.38. The Bertz CT molecular complexity index is 1030. The molecule has 1 spiro atoms. The molecule has 34 heavy (non-hydrogen) atoms. The van der Waals surface area contributed by atoms with Crippen LogP contribution in [0, 0.1) is 0 Å². The van der Waals surface area contributed by atoms with Crippen molar-refractivity contribution in [3.63, 3.8) is 0 Å². The number of nitrogens with one attached hydrogen (secondary N) is 2. The molecule has 3 fully saturated rings. The second-order valence-electron chi connectivity index (χ2n) is 9.97. The van der Waals surface area contributed by atoms with Gasteiger partial charge in [0.25, 0.3) is 0 Å². The molecule has 180 valence electrons. The third-order valence-corrected chi connectivity index (χ3v) is 7.80. The van der Waals surface area contributed by atoms with Gasteiger partial charge in [-0.15, -0.1) is 0 Å². The van der Waals surface area contributed by atoms with Crippen molar-refractivity contribution in [2.45, 2.75) is 62.9 Å². The fourth-order valence-electron chi connectivity index (χ4n) is 6.09. The van der Waals surface area contributed by atoms with Gasteiger partial charge in [0.15, 0.2) is 0 Å². The van der Waals surface area contributed by atoms with E-state index in [4.69, 9.17) is 9.72 Å². The average molecular weight is 464 g/mol. The quantitative estimate of drug-likeness (QED) is 0.647. The van der Waals surface area contributed by atoms with E-state index in [1.807, 2.05) is 18.3 Å². The minimum absolute atomic E-state index is 0.136. The molecule has 4 aliphatic rings. The third-order valence-electron chi connectivity index (χ3n) is 7.80. The van der Waals surface area contributed by atoms with Crippen molar-refractivity contribution in [1.82, 2.24) is 25.2 Å². The summed E-state index contributed by atoms with van der Waals surface area (Å²) in [6.07, 6.45) is 12.4. The zero-order chi connectivity index (χ0) is 23.0. The maximum Gasteiger partial charge on any atom is 0.246 e. The largest absolute Gasteiger partial charge is 0.476 e. The minimum atomic E-state index is -0.500. The van der Waals surface area contributed by atoms with Crippen LogP contribution in [0.15, 0.2) is 24.5 Å². The molecular formula is C25H33N7O2. The summed E-state index contributed by atoms with van der Waals surface area (Å²) in [6.45, 7) is 4.67. The lowest BCUT2D eigenvalue weighted by atomic mass is 9.91. The molecule has 2 aromatic rings. The van der Waals surface area contributed by atoms with Gasteiger partial charge in [0.1, 0.15) is 18.0 Å². The van der Waals surface area contributed by atoms with Crippen molar-refractivity contribution in [2.75, 3.05) is 43.0 Å². The van der Waals surface area contributed by atoms with Crippen LogP contribution in [-0.2, 0) is 11.2 Å². The van der Waals surface area contributed by atoms with Crippen molar-refractivity contribution < 1.29 is 9.53 Å². The van der Waals surface area contributed by atoms with Crippen molar-refractivity contribution in [2.24, 2.45) is 0 Å². The molecule has 0 bridgehead atoms. The number of aromatic nitrogens is 3. The highest BCUT2D eigenvalue weighted by Crippen LogP contribution is 2.46. The lowest BCUT2D eigenvalue weighted by Gasteiger charge is -2.38. The molecule has 5 heterocycles. The highest BCUT2D eigenvalue weighted by atomic mass is 16.5. The third kappa shape index (κ3) is 3.96. The fourth-order valence-corrected chi connectivity index (χ4v) is 6.09. The van der Waals surface area contributed by atoms with Crippen LogP contribution in [0.2, 0.25) is 0 Å². The van der Waals surface area contributed by atoms with E-state index in [9.17, 15) is 4.79 Å². The Morgan fingerprint density at radius 1 is 1.12 bits per heavy atom. The van der Waals surface area contributed by atoms with E-state index in [1.165, 1.54) is 38.8 Å². The number of carbonyl (C=O) groups is 1. The van der Waals surface area contributed by atoms with Gasteiger partial charge in [0, 0.05) is 43.4 Å². The molecule has 2 aromatic heterocycles. The van der Waals surface area contributed by atoms with Crippen molar-refractivity contribution in [3.05, 3.63) is 30.1 Å². The van der Waals surface area contributed by atoms with Crippen LogP contribution in [0.4, 0.5) is 17.5 Å². The number of carbonyl (C=O) groups excluding carboxylic acids is 1. The number of hydrogen-bond donors (Lipinski definition) is 2. The molecule has 3 aliphatic heterocycles. The van der Waals surface area contributed by atoms with Gasteiger partial charge < -0.3 is 20.3 Å². The van der Waals surface area contributed by atoms with Gasteiger partial charge in [-0.25, -0.2) is 9.97 Å². The SMILES string of the molecule is O=C1NCCC12Cc1cnc(Nc3ccc(OCCN4CCCC4)nc3)nc1N2C1CCCC1. The second-order valence-corrected chi connectivity index (χ2v) is 9.97. The van der Waals surface area contributed by atoms with E-state index in [0.717, 1.165) is 49.4 Å². The first-order valence-corrected chi connectivity index (χ1v) is 12.7. The maximum atomic E-state index is 13.0. The number of pyridine rings is 1. The number of amides is 1. The van der Waals surface area contributed by atoms with Gasteiger partial charge >= 0.3 is 0 Å². The van der Waals surface area contributed by atoms with Crippen LogP contribution in [0.1, 0.15) is 50.5 Å². The van der Waals surface area contributed by atoms with Crippen LogP contribution in [-0.4, -0.2) is 70.1 Å². The normalized spacial score (nSPS) is 24.7. The molecule has 2 N–H and O–H groups in total. The molecule has 1 aliphatic carbocycles. The summed E-state index contributed by atoms with van der Waals surface area (Å²) in [6, 6.07) is 4.18. The molecule has 1 amide bonds. The number of nitrogens with zero attached hydrogens (tertiary/aromatic N) is 5. The number of fused-ring (bicyclic) bond motifs is 1. The number of likely N-dealkylation sites (tertiary alicyclic amines) is 1. The Kier molecular flexibility index (Phi) is 5.72. The molecule has 1 unspecified atom stereocenters. The van der Waals surface area contributed by atoms with E-state index >= 15 is 0 Å². The summed E-state index contributed by atoms with van der Waals surface area (Å²) in [5, 5.41) is 6.35. The maximum absolute atomic E-state index is 13.0. The first-order chi connectivity index (χ1) is 16.7. The monoisotopic (exact) mass is 463 g/mol. The van der Waals surface area contributed by atoms with Gasteiger partial charge in [0.05, 0.1) is 11.9 Å². The van der Waals surface area contributed by atoms with Crippen LogP contribution in [0.5, 0.6) is 5.88 Å². The van der Waals surface area contributed by atoms with E-state index in [2.05, 4.69) is 30.4 Å². The smallest absolute Gasteiger partial charge is 0.246 e. The van der Waals surface area contributed by atoms with Crippen LogP contribution in [0.25, 0.3) is 0 Å². The van der Waals surface area contributed by atoms with Crippen molar-refractivity contribution in [1.29, 1.82) is 0 Å². The number of ether oxygens (including phenoxy) is 1. The zero-order valence-corrected chi connectivity index (χ0v) is 19.6. The predicted molar refractivity (Wildman–Crippen MR) is 130 cm³/mol. The Hall–Kier alpha value is -2.94. The fraction of sp³-hybridized carbons (Fsp3) is 0.600. The molecule has 2 saturated heterocycles. The molecule has 1 atom stereocenters. The molecule has 1 saturated carbocycles. The minimum Gasteiger partial charge on any atom is -0.476 e. The zero-order valence-electron chi connectivity index (χ0n) is 19.6. The average Bonchev–Trinajstić information content (AvgIpc) is 3.64. The highest BCUT2D eigenvalue weighted by molar-refractivity contribution is 5.94. The molecule has 0 radical (unpaired) electrons. The van der Waals surface area contributed by atoms with Gasteiger partial charge in [-0.2, -0.15) is 4.98 Å². The van der Waals surface area contributed by atoms with Gasteiger partial charge in [0.2, 0.25) is 17.7 Å². The van der Waals surface area contributed by atoms with Gasteiger partial charge in [-0.05, 0) is 51.3 Å². The first-order valence-electron chi connectivity index (χ1n) is 12.7. The Morgan fingerprint density at radius 2 is 1.97 bits per heavy atom. The number of hydrogen-bond acceptors (Lipinski definition) is 8. The molecular weight excluding hydrogens is 430 g/mol. The molecule has 9 nitrogen and oxygen atoms in total. The van der Waals surface area contributed by atoms with E-state index in [-0.39, 0.29) is 5.91 Å². The Morgan fingerprint density at radius 3 is 2.71 bits per heavy atom. The second kappa shape index (κ2) is 9.02. The van der Waals surface area contributed by atoms with Crippen LogP contribution in [0.3, 0.4) is 0 Å². The molecule has 6 rings (SSSR count). The van der Waals surface area contributed by atoms with Gasteiger partial charge in [-0.1, -0.05) is 12.8 Å². The molecule has 0 aromatic carbocycles. The molecule has 9 heteroatoms. The van der Waals surface area contributed by atoms with E-state index in [0.29, 0.717) is 30.9 Å². The lowest BCUT2D eigenvalue weighted by molar-refractivity contribution is -0.123. The number of anilines is 3. The summed E-state index contributed by atoms with van der Waals surface area (Å²) >= 11 is 0. The van der Waals surface area contributed by atoms with Crippen molar-refractivity contribution >= 4 is 23.4 Å². The topological polar surface area (TPSA) is 95.5 Å². The summed E-state index contributed by atoms with van der Waals surface area (Å²) in [4.78, 5) is 31.6. The summed E-state index contributed by atoms with van der Waals surface area (Å²) in [7, 11) is 0. The number of rotatable bonds is 7. The summed E-state index contributed by atoms with van der Waals surface area (Å²) < 4.78 is 5.81. The highest BCUT2D eigenvalue weighted by Gasteiger charge is 2.55. The first kappa shape index (κ1) is 21.6. The van der Waals surface area contributed by atoms with E-state index < -0.39 is 5.54 Å². The Balaban J connectivity index is 1.15. The Labute approximate surface area is 200 Å².